The summed E-state index contributed by atoms with van der Waals surface area (Å²) in [6.45, 7) is 0. The number of anilines is 1. The second kappa shape index (κ2) is 5.69. The van der Waals surface area contributed by atoms with E-state index in [0.29, 0.717) is 0 Å². The van der Waals surface area contributed by atoms with E-state index in [9.17, 15) is 10.1 Å². The lowest BCUT2D eigenvalue weighted by Crippen LogP contribution is -2.11. The average Bonchev–Trinajstić information content (AvgIpc) is 3.04. The molecule has 6 heteroatoms. The first-order valence-electron chi connectivity index (χ1n) is 6.73. The molecule has 6 nitrogen and oxygen atoms in total. The lowest BCUT2D eigenvalue weighted by molar-refractivity contribution is -0.384. The molecular weight excluding hydrogens is 280 g/mol. The van der Waals surface area contributed by atoms with Gasteiger partial charge in [-0.05, 0) is 17.2 Å². The van der Waals surface area contributed by atoms with Crippen molar-refractivity contribution in [3.63, 3.8) is 0 Å². The summed E-state index contributed by atoms with van der Waals surface area (Å²) in [4.78, 5) is 14.7. The van der Waals surface area contributed by atoms with Gasteiger partial charge in [0.1, 0.15) is 5.69 Å². The van der Waals surface area contributed by atoms with Crippen molar-refractivity contribution in [2.45, 2.75) is 6.04 Å². The van der Waals surface area contributed by atoms with Gasteiger partial charge in [0, 0.05) is 18.5 Å². The molecule has 0 bridgehead atoms. The molecule has 1 unspecified atom stereocenters. The van der Waals surface area contributed by atoms with Crippen LogP contribution in [0.5, 0.6) is 0 Å². The zero-order valence-electron chi connectivity index (χ0n) is 11.7. The fourth-order valence-electron chi connectivity index (χ4n) is 2.48. The molecule has 1 atom stereocenters. The highest BCUT2D eigenvalue weighted by Crippen LogP contribution is 2.31. The minimum Gasteiger partial charge on any atom is -0.393 e. The molecule has 2 aromatic carbocycles. The van der Waals surface area contributed by atoms with Crippen molar-refractivity contribution in [1.82, 2.24) is 9.55 Å². The maximum Gasteiger partial charge on any atom is 0.292 e. The Labute approximate surface area is 127 Å². The van der Waals surface area contributed by atoms with Crippen molar-refractivity contribution in [3.8, 4) is 0 Å². The van der Waals surface area contributed by atoms with E-state index in [2.05, 4.69) is 4.98 Å². The van der Waals surface area contributed by atoms with E-state index in [0.717, 1.165) is 11.1 Å². The van der Waals surface area contributed by atoms with Gasteiger partial charge in [-0.1, -0.05) is 36.4 Å². The molecule has 0 aliphatic rings. The summed E-state index contributed by atoms with van der Waals surface area (Å²) in [6, 6.07) is 14.5. The minimum absolute atomic E-state index is 0.0847. The number of nitrogens with zero attached hydrogens (tertiary/aromatic N) is 3. The van der Waals surface area contributed by atoms with Crippen molar-refractivity contribution in [3.05, 3.63) is 88.5 Å². The van der Waals surface area contributed by atoms with Crippen LogP contribution < -0.4 is 5.73 Å². The van der Waals surface area contributed by atoms with Crippen LogP contribution in [0.4, 0.5) is 11.4 Å². The zero-order valence-corrected chi connectivity index (χ0v) is 11.7. The molecule has 3 aromatic rings. The number of nitro benzene ring substituents is 1. The minimum atomic E-state index is -0.463. The van der Waals surface area contributed by atoms with Gasteiger partial charge < -0.3 is 10.3 Å². The summed E-state index contributed by atoms with van der Waals surface area (Å²) in [6.07, 6.45) is 5.21. The van der Waals surface area contributed by atoms with Crippen LogP contribution in [0.25, 0.3) is 0 Å². The van der Waals surface area contributed by atoms with Crippen LogP contribution >= 0.6 is 0 Å². The van der Waals surface area contributed by atoms with Crippen LogP contribution in [0.1, 0.15) is 17.2 Å². The third kappa shape index (κ3) is 2.54. The van der Waals surface area contributed by atoms with Gasteiger partial charge in [-0.3, -0.25) is 10.1 Å². The molecule has 1 heterocycles. The molecule has 0 radical (unpaired) electrons. The van der Waals surface area contributed by atoms with Crippen LogP contribution in [-0.4, -0.2) is 14.5 Å². The molecule has 0 saturated carbocycles. The van der Waals surface area contributed by atoms with Crippen molar-refractivity contribution < 1.29 is 4.92 Å². The topological polar surface area (TPSA) is 87.0 Å². The molecule has 0 aliphatic carbocycles. The molecule has 2 N–H and O–H groups in total. The average molecular weight is 294 g/mol. The molecule has 3 rings (SSSR count). The SMILES string of the molecule is Nc1ccc(C(c2ccccc2)n2ccnc2)cc1[N+](=O)[O-]. The maximum atomic E-state index is 11.1. The van der Waals surface area contributed by atoms with E-state index in [-0.39, 0.29) is 17.4 Å². The molecule has 110 valence electrons. The number of imidazole rings is 1. The fraction of sp³-hybridized carbons (Fsp3) is 0.0625. The van der Waals surface area contributed by atoms with Crippen LogP contribution in [-0.2, 0) is 0 Å². The number of nitro groups is 1. The highest BCUT2D eigenvalue weighted by Gasteiger charge is 2.20. The predicted octanol–water partition coefficient (Wildman–Crippen LogP) is 3.01. The van der Waals surface area contributed by atoms with Gasteiger partial charge in [-0.2, -0.15) is 0 Å². The van der Waals surface area contributed by atoms with Gasteiger partial charge >= 0.3 is 0 Å². The number of rotatable bonds is 4. The Bertz CT molecular complexity index is 785. The van der Waals surface area contributed by atoms with Gasteiger partial charge in [-0.25, -0.2) is 4.98 Å². The number of nitrogen functional groups attached to an aromatic ring is 1. The molecule has 0 spiro atoms. The number of nitrogens with two attached hydrogens (primary N) is 1. The van der Waals surface area contributed by atoms with E-state index < -0.39 is 4.92 Å². The van der Waals surface area contributed by atoms with E-state index in [4.69, 9.17) is 5.73 Å². The second-order valence-corrected chi connectivity index (χ2v) is 4.90. The lowest BCUT2D eigenvalue weighted by atomic mass is 9.97. The monoisotopic (exact) mass is 294 g/mol. The quantitative estimate of drug-likeness (QED) is 0.455. The number of aromatic nitrogens is 2. The Morgan fingerprint density at radius 1 is 1.14 bits per heavy atom. The first-order chi connectivity index (χ1) is 10.7. The molecular formula is C16H14N4O2. The number of hydrogen-bond donors (Lipinski definition) is 1. The third-order valence-corrected chi connectivity index (χ3v) is 3.51. The first-order valence-corrected chi connectivity index (χ1v) is 6.73. The molecule has 0 fully saturated rings. The standard InChI is InChI=1S/C16H14N4O2/c17-14-7-6-13(10-15(14)20(21)22)16(19-9-8-18-11-19)12-4-2-1-3-5-12/h1-11,16H,17H2. The van der Waals surface area contributed by atoms with E-state index in [1.54, 1.807) is 24.7 Å². The van der Waals surface area contributed by atoms with Gasteiger partial charge in [0.25, 0.3) is 5.69 Å². The predicted molar refractivity (Wildman–Crippen MR) is 83.4 cm³/mol. The van der Waals surface area contributed by atoms with Crippen molar-refractivity contribution in [1.29, 1.82) is 0 Å². The van der Waals surface area contributed by atoms with Gasteiger partial charge in [0.05, 0.1) is 17.3 Å². The van der Waals surface area contributed by atoms with E-state index >= 15 is 0 Å². The highest BCUT2D eigenvalue weighted by atomic mass is 16.6. The fourth-order valence-corrected chi connectivity index (χ4v) is 2.48. The van der Waals surface area contributed by atoms with Gasteiger partial charge in [0.15, 0.2) is 0 Å². The van der Waals surface area contributed by atoms with Gasteiger partial charge in [0.2, 0.25) is 0 Å². The summed E-state index contributed by atoms with van der Waals surface area (Å²) in [5.74, 6) is 0. The third-order valence-electron chi connectivity index (χ3n) is 3.51. The number of benzene rings is 2. The Hall–Kier alpha value is -3.15. The summed E-state index contributed by atoms with van der Waals surface area (Å²) in [5.41, 5.74) is 7.56. The Morgan fingerprint density at radius 2 is 1.91 bits per heavy atom. The van der Waals surface area contributed by atoms with E-state index in [1.807, 2.05) is 41.1 Å². The number of hydrogen-bond acceptors (Lipinski definition) is 4. The summed E-state index contributed by atoms with van der Waals surface area (Å²) in [5, 5.41) is 11.1. The molecule has 22 heavy (non-hydrogen) atoms. The smallest absolute Gasteiger partial charge is 0.292 e. The van der Waals surface area contributed by atoms with Crippen molar-refractivity contribution in [2.75, 3.05) is 5.73 Å². The molecule has 0 aliphatic heterocycles. The van der Waals surface area contributed by atoms with Crippen LogP contribution in [0, 0.1) is 10.1 Å². The summed E-state index contributed by atoms with van der Waals surface area (Å²) >= 11 is 0. The molecule has 0 saturated heterocycles. The van der Waals surface area contributed by atoms with Gasteiger partial charge in [-0.15, -0.1) is 0 Å². The lowest BCUT2D eigenvalue weighted by Gasteiger charge is -2.19. The van der Waals surface area contributed by atoms with Crippen LogP contribution in [0.3, 0.4) is 0 Å². The summed E-state index contributed by atoms with van der Waals surface area (Å²) in [7, 11) is 0. The summed E-state index contributed by atoms with van der Waals surface area (Å²) < 4.78 is 1.91. The zero-order chi connectivity index (χ0) is 15.5. The van der Waals surface area contributed by atoms with Crippen molar-refractivity contribution in [2.24, 2.45) is 0 Å². The van der Waals surface area contributed by atoms with Crippen LogP contribution in [0.2, 0.25) is 0 Å². The largest absolute Gasteiger partial charge is 0.393 e. The molecule has 1 aromatic heterocycles. The van der Waals surface area contributed by atoms with Crippen LogP contribution in [0.15, 0.2) is 67.3 Å². The highest BCUT2D eigenvalue weighted by molar-refractivity contribution is 5.60. The maximum absolute atomic E-state index is 11.1. The van der Waals surface area contributed by atoms with Crippen molar-refractivity contribution >= 4 is 11.4 Å². The Morgan fingerprint density at radius 3 is 2.55 bits per heavy atom. The van der Waals surface area contributed by atoms with E-state index in [1.165, 1.54) is 6.07 Å². The Balaban J connectivity index is 2.15. The first kappa shape index (κ1) is 13.8. The Kier molecular flexibility index (Phi) is 3.57. The molecule has 0 amide bonds. The normalized spacial score (nSPS) is 12.0. The second-order valence-electron chi connectivity index (χ2n) is 4.90.